The van der Waals surface area contributed by atoms with Gasteiger partial charge in [0.25, 0.3) is 0 Å². The van der Waals surface area contributed by atoms with E-state index in [0.29, 0.717) is 11.5 Å². The Labute approximate surface area is 122 Å². The van der Waals surface area contributed by atoms with E-state index < -0.39 is 0 Å². The maximum absolute atomic E-state index is 9.60. The van der Waals surface area contributed by atoms with Gasteiger partial charge >= 0.3 is 0 Å². The van der Waals surface area contributed by atoms with Crippen molar-refractivity contribution in [3.8, 4) is 0 Å². The highest BCUT2D eigenvalue weighted by atomic mass is 16.3. The molecule has 0 amide bonds. The molecule has 1 saturated carbocycles. The number of nitrogens with one attached hydrogen (secondary N) is 1. The number of fused-ring (bicyclic) bond motifs is 1. The second kappa shape index (κ2) is 5.50. The molecule has 2 heteroatoms. The largest absolute Gasteiger partial charge is 0.393 e. The van der Waals surface area contributed by atoms with Crippen molar-refractivity contribution in [1.82, 2.24) is 5.32 Å². The summed E-state index contributed by atoms with van der Waals surface area (Å²) in [7, 11) is 0. The highest BCUT2D eigenvalue weighted by molar-refractivity contribution is 5.37. The van der Waals surface area contributed by atoms with Crippen molar-refractivity contribution in [2.75, 3.05) is 6.54 Å². The third kappa shape index (κ3) is 2.77. The molecular formula is C18H27NO. The molecule has 2 N–H and O–H groups in total. The molecule has 2 aliphatic carbocycles. The minimum absolute atomic E-state index is 0.0464. The summed E-state index contributed by atoms with van der Waals surface area (Å²) in [5.74, 6) is 0.738. The zero-order valence-corrected chi connectivity index (χ0v) is 12.7. The number of aliphatic hydroxyl groups excluding tert-OH is 1. The van der Waals surface area contributed by atoms with Crippen molar-refractivity contribution < 1.29 is 5.11 Å². The molecule has 1 unspecified atom stereocenters. The first-order valence-corrected chi connectivity index (χ1v) is 8.05. The highest BCUT2D eigenvalue weighted by Gasteiger charge is 2.38. The van der Waals surface area contributed by atoms with Crippen molar-refractivity contribution in [1.29, 1.82) is 0 Å². The van der Waals surface area contributed by atoms with E-state index >= 15 is 0 Å². The van der Waals surface area contributed by atoms with Crippen LogP contribution in [0.5, 0.6) is 0 Å². The lowest BCUT2D eigenvalue weighted by molar-refractivity contribution is 0.105. The van der Waals surface area contributed by atoms with Gasteiger partial charge in [0.1, 0.15) is 0 Å². The predicted octanol–water partition coefficient (Wildman–Crippen LogP) is 3.45. The fraction of sp³-hybridized carbons (Fsp3) is 0.667. The zero-order chi connectivity index (χ0) is 14.2. The normalized spacial score (nSPS) is 32.0. The molecule has 1 aromatic rings. The van der Waals surface area contributed by atoms with Gasteiger partial charge in [0.15, 0.2) is 0 Å². The van der Waals surface area contributed by atoms with Crippen molar-refractivity contribution in [3.05, 3.63) is 35.4 Å². The lowest BCUT2D eigenvalue weighted by Crippen LogP contribution is -2.35. The van der Waals surface area contributed by atoms with E-state index in [1.807, 2.05) is 0 Å². The summed E-state index contributed by atoms with van der Waals surface area (Å²) in [6, 6.07) is 9.35. The van der Waals surface area contributed by atoms with Crippen LogP contribution in [0.2, 0.25) is 0 Å². The van der Waals surface area contributed by atoms with Gasteiger partial charge in [-0.2, -0.15) is 0 Å². The number of rotatable bonds is 3. The van der Waals surface area contributed by atoms with E-state index in [0.717, 1.165) is 25.3 Å². The van der Waals surface area contributed by atoms with E-state index in [2.05, 4.69) is 43.4 Å². The maximum atomic E-state index is 9.60. The van der Waals surface area contributed by atoms with Gasteiger partial charge in [-0.15, -0.1) is 0 Å². The van der Waals surface area contributed by atoms with Gasteiger partial charge in [-0.3, -0.25) is 0 Å². The predicted molar refractivity (Wildman–Crippen MR) is 82.6 cm³/mol. The van der Waals surface area contributed by atoms with E-state index in [1.54, 1.807) is 0 Å². The smallest absolute Gasteiger partial charge is 0.0540 e. The standard InChI is InChI=1S/C18H27NO/c1-18(2)11-14-5-3-4-6-16(14)17(18)19-12-13-7-9-15(20)10-8-13/h3-6,13,15,17,19-20H,7-12H2,1-2H3. The Bertz CT molecular complexity index is 460. The SMILES string of the molecule is CC1(C)Cc2ccccc2C1NCC1CCC(O)CC1. The third-order valence-electron chi connectivity index (χ3n) is 5.22. The van der Waals surface area contributed by atoms with Crippen molar-refractivity contribution >= 4 is 0 Å². The summed E-state index contributed by atoms with van der Waals surface area (Å²) >= 11 is 0. The quantitative estimate of drug-likeness (QED) is 0.884. The van der Waals surface area contributed by atoms with Crippen LogP contribution in [0.4, 0.5) is 0 Å². The van der Waals surface area contributed by atoms with Crippen LogP contribution in [0.25, 0.3) is 0 Å². The van der Waals surface area contributed by atoms with Crippen molar-refractivity contribution in [2.24, 2.45) is 11.3 Å². The molecule has 0 aliphatic heterocycles. The van der Waals surface area contributed by atoms with Crippen LogP contribution < -0.4 is 5.32 Å². The number of hydrogen-bond acceptors (Lipinski definition) is 2. The molecule has 20 heavy (non-hydrogen) atoms. The topological polar surface area (TPSA) is 32.3 Å². The van der Waals surface area contributed by atoms with E-state index in [4.69, 9.17) is 0 Å². The second-order valence-corrected chi connectivity index (χ2v) is 7.38. The van der Waals surface area contributed by atoms with Crippen LogP contribution in [0.15, 0.2) is 24.3 Å². The molecule has 1 aromatic carbocycles. The zero-order valence-electron chi connectivity index (χ0n) is 12.7. The monoisotopic (exact) mass is 273 g/mol. The van der Waals surface area contributed by atoms with Gasteiger partial charge in [-0.1, -0.05) is 38.1 Å². The summed E-state index contributed by atoms with van der Waals surface area (Å²) in [6.45, 7) is 5.83. The summed E-state index contributed by atoms with van der Waals surface area (Å²) in [4.78, 5) is 0. The molecule has 0 radical (unpaired) electrons. The van der Waals surface area contributed by atoms with Crippen LogP contribution in [-0.2, 0) is 6.42 Å². The van der Waals surface area contributed by atoms with Crippen molar-refractivity contribution in [2.45, 2.75) is 58.1 Å². The minimum Gasteiger partial charge on any atom is -0.393 e. The van der Waals surface area contributed by atoms with Gasteiger partial charge in [0.05, 0.1) is 6.10 Å². The first-order valence-electron chi connectivity index (χ1n) is 8.05. The number of hydrogen-bond donors (Lipinski definition) is 2. The third-order valence-corrected chi connectivity index (χ3v) is 5.22. The Kier molecular flexibility index (Phi) is 3.87. The fourth-order valence-corrected chi connectivity index (χ4v) is 4.01. The molecule has 3 rings (SSSR count). The Balaban J connectivity index is 1.64. The van der Waals surface area contributed by atoms with Crippen LogP contribution in [0.1, 0.15) is 56.7 Å². The Morgan fingerprint density at radius 2 is 1.85 bits per heavy atom. The molecule has 0 saturated heterocycles. The highest BCUT2D eigenvalue weighted by Crippen LogP contribution is 2.45. The molecular weight excluding hydrogens is 246 g/mol. The van der Waals surface area contributed by atoms with Gasteiger partial charge in [0.2, 0.25) is 0 Å². The molecule has 2 nitrogen and oxygen atoms in total. The molecule has 1 atom stereocenters. The molecule has 0 heterocycles. The van der Waals surface area contributed by atoms with Gasteiger partial charge in [-0.25, -0.2) is 0 Å². The minimum atomic E-state index is -0.0464. The Morgan fingerprint density at radius 1 is 1.15 bits per heavy atom. The first kappa shape index (κ1) is 14.1. The summed E-state index contributed by atoms with van der Waals surface area (Å²) in [5, 5.41) is 13.4. The molecule has 1 fully saturated rings. The summed E-state index contributed by atoms with van der Waals surface area (Å²) in [5.41, 5.74) is 3.31. The lowest BCUT2D eigenvalue weighted by atomic mass is 9.83. The fourth-order valence-electron chi connectivity index (χ4n) is 4.01. The average molecular weight is 273 g/mol. The molecule has 0 bridgehead atoms. The number of benzene rings is 1. The Morgan fingerprint density at radius 3 is 2.60 bits per heavy atom. The average Bonchev–Trinajstić information content (AvgIpc) is 2.68. The van der Waals surface area contributed by atoms with Crippen LogP contribution in [-0.4, -0.2) is 17.8 Å². The first-order chi connectivity index (χ1) is 9.56. The van der Waals surface area contributed by atoms with E-state index in [-0.39, 0.29) is 6.10 Å². The molecule has 2 aliphatic rings. The van der Waals surface area contributed by atoms with Crippen LogP contribution >= 0.6 is 0 Å². The second-order valence-electron chi connectivity index (χ2n) is 7.38. The maximum Gasteiger partial charge on any atom is 0.0540 e. The summed E-state index contributed by atoms with van der Waals surface area (Å²) in [6.07, 6.45) is 5.43. The van der Waals surface area contributed by atoms with Crippen molar-refractivity contribution in [3.63, 3.8) is 0 Å². The molecule has 0 spiro atoms. The van der Waals surface area contributed by atoms with Crippen LogP contribution in [0, 0.1) is 11.3 Å². The summed E-state index contributed by atoms with van der Waals surface area (Å²) < 4.78 is 0. The lowest BCUT2D eigenvalue weighted by Gasteiger charge is -2.32. The van der Waals surface area contributed by atoms with E-state index in [1.165, 1.54) is 30.4 Å². The Hall–Kier alpha value is -0.860. The number of aliphatic hydroxyl groups is 1. The molecule has 110 valence electrons. The van der Waals surface area contributed by atoms with Gasteiger partial charge < -0.3 is 10.4 Å². The van der Waals surface area contributed by atoms with Crippen LogP contribution in [0.3, 0.4) is 0 Å². The van der Waals surface area contributed by atoms with Gasteiger partial charge in [-0.05, 0) is 61.1 Å². The molecule has 0 aromatic heterocycles. The van der Waals surface area contributed by atoms with Gasteiger partial charge in [0, 0.05) is 6.04 Å². The van der Waals surface area contributed by atoms with E-state index in [9.17, 15) is 5.11 Å².